The second-order valence-corrected chi connectivity index (χ2v) is 8.73. The fourth-order valence-corrected chi connectivity index (χ4v) is 5.13. The summed E-state index contributed by atoms with van der Waals surface area (Å²) in [5.41, 5.74) is 6.08. The molecule has 20 heavy (non-hydrogen) atoms. The summed E-state index contributed by atoms with van der Waals surface area (Å²) < 4.78 is 43.6. The molecular formula is C11H15BrN2O4S2. The standard InChI is InChI=1S/C11H15BrN2O4S2/c1-18-10-6-8(12)9(13)7-11(10)20(16,17)14-2-4-19(15)5-3-14/h6-7H,2-5,13H2,1H3. The summed E-state index contributed by atoms with van der Waals surface area (Å²) in [6, 6.07) is 2.91. The predicted molar refractivity (Wildman–Crippen MR) is 81.7 cm³/mol. The maximum absolute atomic E-state index is 12.6. The Bertz CT molecular complexity index is 638. The maximum atomic E-state index is 12.6. The maximum Gasteiger partial charge on any atom is 0.246 e. The molecule has 1 saturated heterocycles. The molecule has 0 spiro atoms. The molecule has 2 N–H and O–H groups in total. The lowest BCUT2D eigenvalue weighted by Gasteiger charge is -2.26. The van der Waals surface area contributed by atoms with E-state index < -0.39 is 20.8 Å². The smallest absolute Gasteiger partial charge is 0.246 e. The fraction of sp³-hybridized carbons (Fsp3) is 0.455. The molecule has 1 aliphatic rings. The van der Waals surface area contributed by atoms with E-state index in [1.165, 1.54) is 23.5 Å². The van der Waals surface area contributed by atoms with Gasteiger partial charge in [0.15, 0.2) is 0 Å². The van der Waals surface area contributed by atoms with Crippen LogP contribution in [0.15, 0.2) is 21.5 Å². The Morgan fingerprint density at radius 3 is 2.50 bits per heavy atom. The van der Waals surface area contributed by atoms with Gasteiger partial charge >= 0.3 is 0 Å². The third-order valence-electron chi connectivity index (χ3n) is 3.04. The van der Waals surface area contributed by atoms with Crippen molar-refractivity contribution >= 4 is 42.4 Å². The van der Waals surface area contributed by atoms with Gasteiger partial charge in [-0.3, -0.25) is 4.21 Å². The number of benzene rings is 1. The van der Waals surface area contributed by atoms with E-state index in [1.54, 1.807) is 0 Å². The minimum Gasteiger partial charge on any atom is -0.495 e. The minimum atomic E-state index is -3.69. The van der Waals surface area contributed by atoms with Crippen LogP contribution in [0.25, 0.3) is 0 Å². The van der Waals surface area contributed by atoms with Gasteiger partial charge in [-0.05, 0) is 28.1 Å². The molecule has 0 saturated carbocycles. The molecule has 0 atom stereocenters. The molecule has 1 fully saturated rings. The van der Waals surface area contributed by atoms with Crippen LogP contribution in [0.2, 0.25) is 0 Å². The third kappa shape index (κ3) is 3.00. The van der Waals surface area contributed by atoms with Gasteiger partial charge in [-0.2, -0.15) is 4.31 Å². The number of halogens is 1. The highest BCUT2D eigenvalue weighted by Gasteiger charge is 2.31. The van der Waals surface area contributed by atoms with Crippen molar-refractivity contribution in [2.45, 2.75) is 4.90 Å². The van der Waals surface area contributed by atoms with Crippen LogP contribution in [0.4, 0.5) is 5.69 Å². The second kappa shape index (κ2) is 6.00. The molecule has 0 unspecified atom stereocenters. The van der Waals surface area contributed by atoms with E-state index in [2.05, 4.69) is 15.9 Å². The number of methoxy groups -OCH3 is 1. The van der Waals surface area contributed by atoms with Crippen molar-refractivity contribution in [1.29, 1.82) is 0 Å². The largest absolute Gasteiger partial charge is 0.495 e. The number of nitrogens with zero attached hydrogens (tertiary/aromatic N) is 1. The van der Waals surface area contributed by atoms with E-state index in [9.17, 15) is 12.6 Å². The number of hydrogen-bond acceptors (Lipinski definition) is 5. The molecule has 112 valence electrons. The number of nitrogen functional groups attached to an aromatic ring is 1. The molecular weight excluding hydrogens is 368 g/mol. The summed E-state index contributed by atoms with van der Waals surface area (Å²) in [6.45, 7) is 0.488. The van der Waals surface area contributed by atoms with Crippen LogP contribution in [0.5, 0.6) is 5.75 Å². The zero-order chi connectivity index (χ0) is 14.9. The van der Waals surface area contributed by atoms with Crippen molar-refractivity contribution in [3.05, 3.63) is 16.6 Å². The Morgan fingerprint density at radius 1 is 1.35 bits per heavy atom. The number of hydrogen-bond donors (Lipinski definition) is 1. The van der Waals surface area contributed by atoms with E-state index in [0.717, 1.165) is 0 Å². The first-order chi connectivity index (χ1) is 9.36. The normalized spacial score (nSPS) is 18.1. The van der Waals surface area contributed by atoms with E-state index in [4.69, 9.17) is 10.5 Å². The van der Waals surface area contributed by atoms with Crippen LogP contribution in [-0.4, -0.2) is 48.6 Å². The zero-order valence-electron chi connectivity index (χ0n) is 10.8. The third-order valence-corrected chi connectivity index (χ3v) is 6.92. The van der Waals surface area contributed by atoms with Crippen molar-refractivity contribution < 1.29 is 17.4 Å². The number of nitrogens with two attached hydrogens (primary N) is 1. The van der Waals surface area contributed by atoms with Crippen LogP contribution >= 0.6 is 15.9 Å². The zero-order valence-corrected chi connectivity index (χ0v) is 14.1. The van der Waals surface area contributed by atoms with E-state index in [1.807, 2.05) is 0 Å². The highest BCUT2D eigenvalue weighted by Crippen LogP contribution is 2.34. The van der Waals surface area contributed by atoms with E-state index in [0.29, 0.717) is 21.7 Å². The first-order valence-electron chi connectivity index (χ1n) is 5.84. The van der Waals surface area contributed by atoms with Gasteiger partial charge in [-0.1, -0.05) is 0 Å². The molecule has 1 aromatic carbocycles. The van der Waals surface area contributed by atoms with Crippen LogP contribution in [0.3, 0.4) is 0 Å². The fourth-order valence-electron chi connectivity index (χ4n) is 1.91. The monoisotopic (exact) mass is 382 g/mol. The van der Waals surface area contributed by atoms with Crippen molar-refractivity contribution in [2.24, 2.45) is 0 Å². The Hall–Kier alpha value is -0.640. The van der Waals surface area contributed by atoms with Gasteiger partial charge in [0.2, 0.25) is 10.0 Å². The summed E-state index contributed by atoms with van der Waals surface area (Å²) in [7, 11) is -3.23. The van der Waals surface area contributed by atoms with Gasteiger partial charge in [0.05, 0.1) is 7.11 Å². The highest BCUT2D eigenvalue weighted by atomic mass is 79.9. The molecule has 1 aromatic rings. The van der Waals surface area contributed by atoms with Gasteiger partial charge in [0.1, 0.15) is 10.6 Å². The number of sulfonamides is 1. The molecule has 6 nitrogen and oxygen atoms in total. The lowest BCUT2D eigenvalue weighted by molar-refractivity contribution is 0.394. The van der Waals surface area contributed by atoms with Gasteiger partial charge in [0, 0.05) is 45.6 Å². The molecule has 0 bridgehead atoms. The second-order valence-electron chi connectivity index (χ2n) is 4.28. The number of ether oxygens (including phenoxy) is 1. The van der Waals surface area contributed by atoms with Crippen molar-refractivity contribution in [2.75, 3.05) is 37.4 Å². The molecule has 9 heteroatoms. The quantitative estimate of drug-likeness (QED) is 0.780. The average Bonchev–Trinajstić information content (AvgIpc) is 2.41. The van der Waals surface area contributed by atoms with E-state index in [-0.39, 0.29) is 23.7 Å². The van der Waals surface area contributed by atoms with Gasteiger partial charge in [0.25, 0.3) is 0 Å². The Kier molecular flexibility index (Phi) is 4.73. The summed E-state index contributed by atoms with van der Waals surface area (Å²) >= 11 is 3.24. The molecule has 2 rings (SSSR count). The molecule has 0 radical (unpaired) electrons. The molecule has 0 aliphatic carbocycles. The lowest BCUT2D eigenvalue weighted by atomic mass is 10.3. The molecule has 1 aliphatic heterocycles. The molecule has 0 amide bonds. The summed E-state index contributed by atoms with van der Waals surface area (Å²) in [4.78, 5) is 0.0355. The Balaban J connectivity index is 2.43. The van der Waals surface area contributed by atoms with Gasteiger partial charge < -0.3 is 10.5 Å². The van der Waals surface area contributed by atoms with Crippen LogP contribution in [0.1, 0.15) is 0 Å². The minimum absolute atomic E-state index is 0.0355. The van der Waals surface area contributed by atoms with Gasteiger partial charge in [-0.25, -0.2) is 8.42 Å². The lowest BCUT2D eigenvalue weighted by Crippen LogP contribution is -2.41. The average molecular weight is 383 g/mol. The van der Waals surface area contributed by atoms with Crippen molar-refractivity contribution in [1.82, 2.24) is 4.31 Å². The first-order valence-corrected chi connectivity index (χ1v) is 9.56. The predicted octanol–water partition coefficient (Wildman–Crippen LogP) is 0.793. The number of anilines is 1. The highest BCUT2D eigenvalue weighted by molar-refractivity contribution is 9.10. The van der Waals surface area contributed by atoms with Crippen LogP contribution < -0.4 is 10.5 Å². The molecule has 0 aromatic heterocycles. The Labute approximate surface area is 128 Å². The molecule has 1 heterocycles. The summed E-state index contributed by atoms with van der Waals surface area (Å²) in [5.74, 6) is 0.943. The topological polar surface area (TPSA) is 89.7 Å². The summed E-state index contributed by atoms with van der Waals surface area (Å²) in [5, 5.41) is 0. The Morgan fingerprint density at radius 2 is 1.95 bits per heavy atom. The van der Waals surface area contributed by atoms with Crippen LogP contribution in [0, 0.1) is 0 Å². The summed E-state index contributed by atoms with van der Waals surface area (Å²) in [6.07, 6.45) is 0. The van der Waals surface area contributed by atoms with E-state index >= 15 is 0 Å². The van der Waals surface area contributed by atoms with Crippen molar-refractivity contribution in [3.8, 4) is 5.75 Å². The first kappa shape index (κ1) is 15.7. The van der Waals surface area contributed by atoms with Crippen LogP contribution in [-0.2, 0) is 20.8 Å². The van der Waals surface area contributed by atoms with Crippen molar-refractivity contribution in [3.63, 3.8) is 0 Å². The SMILES string of the molecule is COc1cc(Br)c(N)cc1S(=O)(=O)N1CCS(=O)CC1. The number of rotatable bonds is 3. The van der Waals surface area contributed by atoms with Gasteiger partial charge in [-0.15, -0.1) is 0 Å².